The number of hydrogen-bond donors (Lipinski definition) is 1. The van der Waals surface area contributed by atoms with E-state index < -0.39 is 21.0 Å². The lowest BCUT2D eigenvalue weighted by molar-refractivity contribution is -0.126. The minimum Gasteiger partial charge on any atom is -0.384 e. The van der Waals surface area contributed by atoms with Crippen molar-refractivity contribution in [3.63, 3.8) is 0 Å². The van der Waals surface area contributed by atoms with Gasteiger partial charge in [-0.05, 0) is 30.9 Å². The van der Waals surface area contributed by atoms with Crippen LogP contribution in [0.15, 0.2) is 29.2 Å². The molecule has 0 heterocycles. The monoisotopic (exact) mass is 370 g/mol. The summed E-state index contributed by atoms with van der Waals surface area (Å²) in [6.07, 6.45) is 0.519. The Bertz CT molecular complexity index is 745. The first-order valence-corrected chi connectivity index (χ1v) is 9.46. The first-order chi connectivity index (χ1) is 11.4. The predicted octanol–water partition coefficient (Wildman–Crippen LogP) is 1.79. The highest BCUT2D eigenvalue weighted by molar-refractivity contribution is 7.92. The molecule has 0 saturated heterocycles. The molecule has 1 aliphatic rings. The fraction of sp³-hybridized carbons (Fsp3) is 0.500. The van der Waals surface area contributed by atoms with Crippen LogP contribution in [0.3, 0.4) is 0 Å². The minimum atomic E-state index is -3.64. The molecule has 6 nitrogen and oxygen atoms in total. The van der Waals surface area contributed by atoms with Crippen LogP contribution in [-0.2, 0) is 19.4 Å². The largest absolute Gasteiger partial charge is 0.384 e. The van der Waals surface area contributed by atoms with Crippen molar-refractivity contribution < 1.29 is 17.9 Å². The molecule has 0 aromatic heterocycles. The molecule has 24 heavy (non-hydrogen) atoms. The summed E-state index contributed by atoms with van der Waals surface area (Å²) in [5, 5.41) is 10.6. The number of ether oxygens (including phenoxy) is 1. The summed E-state index contributed by atoms with van der Waals surface area (Å²) < 4.78 is 30.9. The third-order valence-corrected chi connectivity index (χ3v) is 6.97. The van der Waals surface area contributed by atoms with Crippen LogP contribution in [0.4, 0.5) is 0 Å². The van der Waals surface area contributed by atoms with Gasteiger partial charge in [-0.15, -0.1) is 0 Å². The average Bonchev–Trinajstić information content (AvgIpc) is 2.98. The number of benzene rings is 1. The van der Waals surface area contributed by atoms with Crippen molar-refractivity contribution in [1.29, 1.82) is 5.26 Å². The summed E-state index contributed by atoms with van der Waals surface area (Å²) >= 11 is 6.03. The third kappa shape index (κ3) is 3.89. The van der Waals surface area contributed by atoms with Gasteiger partial charge in [0.05, 0.1) is 21.2 Å². The summed E-state index contributed by atoms with van der Waals surface area (Å²) in [5.41, 5.74) is 0. The van der Waals surface area contributed by atoms with E-state index in [4.69, 9.17) is 21.6 Å². The number of sulfone groups is 1. The zero-order valence-electron chi connectivity index (χ0n) is 13.2. The highest BCUT2D eigenvalue weighted by Gasteiger charge is 2.44. The maximum Gasteiger partial charge on any atom is 0.224 e. The van der Waals surface area contributed by atoms with E-state index in [9.17, 15) is 13.2 Å². The fourth-order valence-corrected chi connectivity index (χ4v) is 5.55. The van der Waals surface area contributed by atoms with Gasteiger partial charge in [0.25, 0.3) is 0 Å². The van der Waals surface area contributed by atoms with E-state index in [2.05, 4.69) is 5.32 Å². The molecule has 3 atom stereocenters. The Labute approximate surface area is 146 Å². The Morgan fingerprint density at radius 1 is 1.42 bits per heavy atom. The van der Waals surface area contributed by atoms with Gasteiger partial charge in [0.15, 0.2) is 9.84 Å². The summed E-state index contributed by atoms with van der Waals surface area (Å²) in [7, 11) is -2.13. The first kappa shape index (κ1) is 18.7. The van der Waals surface area contributed by atoms with Gasteiger partial charge in [0, 0.05) is 19.6 Å². The number of nitrogens with one attached hydrogen (secondary N) is 1. The van der Waals surface area contributed by atoms with E-state index in [1.54, 1.807) is 12.1 Å². The summed E-state index contributed by atoms with van der Waals surface area (Å²) in [6, 6.07) is 8.15. The van der Waals surface area contributed by atoms with E-state index in [1.165, 1.54) is 19.2 Å². The van der Waals surface area contributed by atoms with Crippen LogP contribution in [0.25, 0.3) is 0 Å². The Morgan fingerprint density at radius 2 is 2.12 bits per heavy atom. The Balaban J connectivity index is 2.25. The minimum absolute atomic E-state index is 0.0888. The van der Waals surface area contributed by atoms with E-state index >= 15 is 0 Å². The number of carbonyl (C=O) groups is 1. The number of methoxy groups -OCH3 is 1. The quantitative estimate of drug-likeness (QED) is 0.770. The van der Waals surface area contributed by atoms with Crippen molar-refractivity contribution in [3.05, 3.63) is 29.3 Å². The molecule has 1 aromatic carbocycles. The summed E-state index contributed by atoms with van der Waals surface area (Å²) in [6.45, 7) is 0.191. The first-order valence-electron chi connectivity index (χ1n) is 7.53. The molecule has 0 aliphatic heterocycles. The Hall–Kier alpha value is -1.62. The second-order valence-electron chi connectivity index (χ2n) is 5.77. The van der Waals surface area contributed by atoms with Crippen molar-refractivity contribution >= 4 is 27.3 Å². The summed E-state index contributed by atoms with van der Waals surface area (Å²) in [5.74, 6) is -1.02. The molecule has 1 aliphatic carbocycles. The van der Waals surface area contributed by atoms with Crippen LogP contribution in [0.5, 0.6) is 0 Å². The van der Waals surface area contributed by atoms with Crippen LogP contribution in [0.1, 0.15) is 12.8 Å². The molecule has 2 rings (SSSR count). The number of hydrogen-bond acceptors (Lipinski definition) is 5. The normalized spacial score (nSPS) is 23.6. The SMILES string of the molecule is COC[C@@H]1CC(S(=O)(=O)c2ccccc2Cl)C[C@H]1C(=O)NCC#N. The van der Waals surface area contributed by atoms with Crippen LogP contribution < -0.4 is 5.32 Å². The van der Waals surface area contributed by atoms with Crippen LogP contribution >= 0.6 is 11.6 Å². The van der Waals surface area contributed by atoms with Gasteiger partial charge < -0.3 is 10.1 Å². The zero-order chi connectivity index (χ0) is 17.7. The maximum absolute atomic E-state index is 12.9. The molecule has 1 unspecified atom stereocenters. The predicted molar refractivity (Wildman–Crippen MR) is 89.1 cm³/mol. The Morgan fingerprint density at radius 3 is 2.75 bits per heavy atom. The van der Waals surface area contributed by atoms with E-state index in [0.29, 0.717) is 13.0 Å². The molecule has 8 heteroatoms. The number of rotatable bonds is 6. The van der Waals surface area contributed by atoms with E-state index in [0.717, 1.165) is 0 Å². The van der Waals surface area contributed by atoms with Gasteiger partial charge in [0.1, 0.15) is 6.54 Å². The van der Waals surface area contributed by atoms with Gasteiger partial charge in [-0.1, -0.05) is 23.7 Å². The van der Waals surface area contributed by atoms with Crippen molar-refractivity contribution in [2.75, 3.05) is 20.3 Å². The molecule has 1 fully saturated rings. The van der Waals surface area contributed by atoms with Crippen LogP contribution in [0.2, 0.25) is 5.02 Å². The third-order valence-electron chi connectivity index (χ3n) is 4.29. The lowest BCUT2D eigenvalue weighted by Crippen LogP contribution is -2.34. The zero-order valence-corrected chi connectivity index (χ0v) is 14.8. The van der Waals surface area contributed by atoms with Crippen LogP contribution in [0, 0.1) is 23.2 Å². The molecular formula is C16H19ClN2O4S. The van der Waals surface area contributed by atoms with Crippen LogP contribution in [-0.4, -0.2) is 39.8 Å². The average molecular weight is 371 g/mol. The molecule has 0 spiro atoms. The van der Waals surface area contributed by atoms with Crippen molar-refractivity contribution in [3.8, 4) is 6.07 Å². The number of halogens is 1. The molecule has 0 radical (unpaired) electrons. The number of nitriles is 1. The van der Waals surface area contributed by atoms with Gasteiger partial charge >= 0.3 is 0 Å². The summed E-state index contributed by atoms with van der Waals surface area (Å²) in [4.78, 5) is 12.3. The molecule has 1 saturated carbocycles. The lowest BCUT2D eigenvalue weighted by atomic mass is 9.96. The van der Waals surface area contributed by atoms with Crippen molar-refractivity contribution in [2.45, 2.75) is 23.0 Å². The standard InChI is InChI=1S/C16H19ClN2O4S/c1-23-10-11-8-12(9-13(11)16(20)19-7-6-18)24(21,22)15-5-3-2-4-14(15)17/h2-5,11-13H,7-10H2,1H3,(H,19,20)/t11-,12?,13+/m0/s1. The van der Waals surface area contributed by atoms with Gasteiger partial charge in [-0.2, -0.15) is 5.26 Å². The second kappa shape index (κ2) is 7.97. The highest BCUT2D eigenvalue weighted by atomic mass is 35.5. The fourth-order valence-electron chi connectivity index (χ4n) is 3.16. The second-order valence-corrected chi connectivity index (χ2v) is 8.37. The molecule has 130 valence electrons. The topological polar surface area (TPSA) is 96.3 Å². The number of carbonyl (C=O) groups excluding carboxylic acids is 1. The highest BCUT2D eigenvalue weighted by Crippen LogP contribution is 2.39. The molecular weight excluding hydrogens is 352 g/mol. The van der Waals surface area contributed by atoms with Gasteiger partial charge in [0.2, 0.25) is 5.91 Å². The molecule has 0 bridgehead atoms. The number of amides is 1. The lowest BCUT2D eigenvalue weighted by Gasteiger charge is -2.16. The molecule has 1 aromatic rings. The van der Waals surface area contributed by atoms with Gasteiger partial charge in [-0.3, -0.25) is 4.79 Å². The van der Waals surface area contributed by atoms with Crippen molar-refractivity contribution in [2.24, 2.45) is 11.8 Å². The smallest absolute Gasteiger partial charge is 0.224 e. The Kier molecular flexibility index (Phi) is 6.21. The van der Waals surface area contributed by atoms with E-state index in [1.807, 2.05) is 6.07 Å². The van der Waals surface area contributed by atoms with E-state index in [-0.39, 0.29) is 34.7 Å². The maximum atomic E-state index is 12.9. The molecule has 1 amide bonds. The number of nitrogens with zero attached hydrogens (tertiary/aromatic N) is 1. The van der Waals surface area contributed by atoms with Crippen molar-refractivity contribution in [1.82, 2.24) is 5.32 Å². The molecule has 1 N–H and O–H groups in total. The van der Waals surface area contributed by atoms with Gasteiger partial charge in [-0.25, -0.2) is 8.42 Å².